The van der Waals surface area contributed by atoms with Gasteiger partial charge in [0.15, 0.2) is 0 Å². The van der Waals surface area contributed by atoms with E-state index in [-0.39, 0.29) is 11.9 Å². The number of rotatable bonds is 7. The van der Waals surface area contributed by atoms with Gasteiger partial charge in [-0.15, -0.1) is 11.3 Å². The van der Waals surface area contributed by atoms with Gasteiger partial charge in [-0.3, -0.25) is 4.79 Å². The maximum Gasteiger partial charge on any atom is 0.332 e. The zero-order valence-electron chi connectivity index (χ0n) is 11.6. The minimum atomic E-state index is -0.685. The van der Waals surface area contributed by atoms with Gasteiger partial charge in [-0.25, -0.2) is 10.2 Å². The van der Waals surface area contributed by atoms with E-state index in [1.807, 2.05) is 19.1 Å². The first-order valence-corrected chi connectivity index (χ1v) is 7.07. The molecule has 110 valence electrons. The van der Waals surface area contributed by atoms with Gasteiger partial charge in [0.1, 0.15) is 0 Å². The highest BCUT2D eigenvalue weighted by molar-refractivity contribution is 7.13. The predicted molar refractivity (Wildman–Crippen MR) is 78.8 cm³/mol. The summed E-state index contributed by atoms with van der Waals surface area (Å²) in [6.07, 6.45) is 3.82. The van der Waals surface area contributed by atoms with Gasteiger partial charge in [-0.2, -0.15) is 5.10 Å². The molecule has 0 aliphatic rings. The third kappa shape index (κ3) is 6.33. The Kier molecular flexibility index (Phi) is 6.72. The maximum atomic E-state index is 11.1. The van der Waals surface area contributed by atoms with E-state index < -0.39 is 6.03 Å². The molecule has 3 N–H and O–H groups in total. The van der Waals surface area contributed by atoms with Gasteiger partial charge in [0.05, 0.1) is 13.3 Å². The Hall–Kier alpha value is -1.89. The van der Waals surface area contributed by atoms with Crippen LogP contribution in [0.2, 0.25) is 0 Å². The number of hydrogen-bond donors (Lipinski definition) is 2. The Morgan fingerprint density at radius 1 is 1.55 bits per heavy atom. The van der Waals surface area contributed by atoms with E-state index in [1.54, 1.807) is 17.6 Å². The summed E-state index contributed by atoms with van der Waals surface area (Å²) < 4.78 is 4.64. The Bertz CT molecular complexity index is 485. The van der Waals surface area contributed by atoms with Crippen molar-refractivity contribution in [2.24, 2.45) is 16.8 Å². The lowest BCUT2D eigenvalue weighted by molar-refractivity contribution is -0.141. The number of esters is 1. The Morgan fingerprint density at radius 3 is 2.95 bits per heavy atom. The summed E-state index contributed by atoms with van der Waals surface area (Å²) in [5, 5.41) is 3.70. The normalized spacial score (nSPS) is 12.3. The second-order valence-corrected chi connectivity index (χ2v) is 5.66. The lowest BCUT2D eigenvalue weighted by atomic mass is 10.0. The number of thiophene rings is 1. The molecule has 0 aliphatic carbocycles. The molecule has 0 bridgehead atoms. The fraction of sp³-hybridized carbons (Fsp3) is 0.462. The number of carbonyl (C=O) groups excluding carboxylic acids is 2. The molecule has 1 heterocycles. The number of carbonyl (C=O) groups is 2. The molecule has 20 heavy (non-hydrogen) atoms. The molecular weight excluding hydrogens is 278 g/mol. The van der Waals surface area contributed by atoms with Crippen molar-refractivity contribution in [1.82, 2.24) is 5.43 Å². The molecule has 2 amide bonds. The van der Waals surface area contributed by atoms with Crippen molar-refractivity contribution in [3.8, 4) is 0 Å². The van der Waals surface area contributed by atoms with Gasteiger partial charge >= 0.3 is 12.0 Å². The first kappa shape index (κ1) is 16.2. The standard InChI is InChI=1S/C13H19N3O3S/c1-9(7-12(17)19-2)3-4-10-5-6-11(20-10)8-15-16-13(14)18/h5-6,8-9H,3-4,7H2,1-2H3,(H3,14,16,18)/b15-8-/t9-/m0/s1. The number of amides is 2. The molecule has 0 aliphatic heterocycles. The largest absolute Gasteiger partial charge is 0.469 e. The van der Waals surface area contributed by atoms with Crippen LogP contribution in [-0.2, 0) is 16.0 Å². The van der Waals surface area contributed by atoms with Crippen molar-refractivity contribution < 1.29 is 14.3 Å². The summed E-state index contributed by atoms with van der Waals surface area (Å²) in [6, 6.07) is 3.26. The van der Waals surface area contributed by atoms with Gasteiger partial charge in [0, 0.05) is 16.2 Å². The number of nitrogens with zero attached hydrogens (tertiary/aromatic N) is 1. The molecule has 0 aromatic carbocycles. The van der Waals surface area contributed by atoms with Crippen LogP contribution in [-0.4, -0.2) is 25.3 Å². The smallest absolute Gasteiger partial charge is 0.332 e. The highest BCUT2D eigenvalue weighted by Gasteiger charge is 2.09. The van der Waals surface area contributed by atoms with Crippen LogP contribution in [0.3, 0.4) is 0 Å². The third-order valence-corrected chi connectivity index (χ3v) is 3.75. The van der Waals surface area contributed by atoms with Crippen molar-refractivity contribution in [3.05, 3.63) is 21.9 Å². The minimum absolute atomic E-state index is 0.172. The van der Waals surface area contributed by atoms with Gasteiger partial charge in [-0.05, 0) is 30.9 Å². The number of hydrogen-bond acceptors (Lipinski definition) is 5. The molecule has 1 atom stereocenters. The van der Waals surface area contributed by atoms with Crippen LogP contribution >= 0.6 is 11.3 Å². The average molecular weight is 297 g/mol. The zero-order valence-corrected chi connectivity index (χ0v) is 12.4. The lowest BCUT2D eigenvalue weighted by Crippen LogP contribution is -2.24. The number of ether oxygens (including phenoxy) is 1. The van der Waals surface area contributed by atoms with Crippen molar-refractivity contribution in [1.29, 1.82) is 0 Å². The molecule has 0 saturated carbocycles. The third-order valence-electron chi connectivity index (χ3n) is 2.68. The molecule has 1 rings (SSSR count). The van der Waals surface area contributed by atoms with Gasteiger partial charge in [-0.1, -0.05) is 6.92 Å². The van der Waals surface area contributed by atoms with E-state index in [1.165, 1.54) is 12.0 Å². The molecular formula is C13H19N3O3S. The number of nitrogens with two attached hydrogens (primary N) is 1. The van der Waals surface area contributed by atoms with Crippen molar-refractivity contribution in [2.45, 2.75) is 26.2 Å². The van der Waals surface area contributed by atoms with Crippen LogP contribution < -0.4 is 11.2 Å². The van der Waals surface area contributed by atoms with Crippen molar-refractivity contribution >= 4 is 29.6 Å². The predicted octanol–water partition coefficient (Wildman–Crippen LogP) is 1.88. The molecule has 0 radical (unpaired) electrons. The van der Waals surface area contributed by atoms with Crippen LogP contribution in [0, 0.1) is 5.92 Å². The fourth-order valence-electron chi connectivity index (χ4n) is 1.62. The molecule has 1 aromatic heterocycles. The second kappa shape index (κ2) is 8.31. The van der Waals surface area contributed by atoms with E-state index in [0.717, 1.165) is 17.7 Å². The topological polar surface area (TPSA) is 93.8 Å². The number of primary amides is 1. The van der Waals surface area contributed by atoms with Crippen LogP contribution in [0.15, 0.2) is 17.2 Å². The maximum absolute atomic E-state index is 11.1. The Morgan fingerprint density at radius 2 is 2.30 bits per heavy atom. The van der Waals surface area contributed by atoms with E-state index >= 15 is 0 Å². The SMILES string of the molecule is COC(=O)C[C@@H](C)CCc1ccc(/C=N\NC(N)=O)s1. The van der Waals surface area contributed by atoms with E-state index in [0.29, 0.717) is 6.42 Å². The highest BCUT2D eigenvalue weighted by Crippen LogP contribution is 2.19. The summed E-state index contributed by atoms with van der Waals surface area (Å²) in [5.74, 6) is 0.118. The van der Waals surface area contributed by atoms with Gasteiger partial charge in [0.25, 0.3) is 0 Å². The first-order chi connectivity index (χ1) is 9.51. The summed E-state index contributed by atoms with van der Waals surface area (Å²) in [6.45, 7) is 2.03. The first-order valence-electron chi connectivity index (χ1n) is 6.25. The monoisotopic (exact) mass is 297 g/mol. The number of urea groups is 1. The Balaban J connectivity index is 2.38. The minimum Gasteiger partial charge on any atom is -0.469 e. The number of aryl methyl sites for hydroxylation is 1. The van der Waals surface area contributed by atoms with Crippen LogP contribution in [0.1, 0.15) is 29.5 Å². The Labute approximate surface area is 122 Å². The molecule has 0 fully saturated rings. The second-order valence-electron chi connectivity index (χ2n) is 4.46. The zero-order chi connectivity index (χ0) is 15.0. The summed E-state index contributed by atoms with van der Waals surface area (Å²) >= 11 is 1.59. The summed E-state index contributed by atoms with van der Waals surface area (Å²) in [4.78, 5) is 23.7. The number of hydrazone groups is 1. The molecule has 0 spiro atoms. The van der Waals surface area contributed by atoms with Crippen molar-refractivity contribution in [2.75, 3.05) is 7.11 Å². The molecule has 0 saturated heterocycles. The van der Waals surface area contributed by atoms with E-state index in [2.05, 4.69) is 15.3 Å². The number of nitrogens with one attached hydrogen (secondary N) is 1. The fourth-order valence-corrected chi connectivity index (χ4v) is 2.52. The van der Waals surface area contributed by atoms with E-state index in [9.17, 15) is 9.59 Å². The van der Waals surface area contributed by atoms with Gasteiger partial charge in [0.2, 0.25) is 0 Å². The summed E-state index contributed by atoms with van der Waals surface area (Å²) in [7, 11) is 1.40. The highest BCUT2D eigenvalue weighted by atomic mass is 32.1. The molecule has 0 unspecified atom stereocenters. The van der Waals surface area contributed by atoms with Crippen LogP contribution in [0.4, 0.5) is 4.79 Å². The van der Waals surface area contributed by atoms with E-state index in [4.69, 9.17) is 5.73 Å². The summed E-state index contributed by atoms with van der Waals surface area (Å²) in [5.41, 5.74) is 7.04. The molecule has 1 aromatic rings. The molecule has 7 heteroatoms. The molecule has 6 nitrogen and oxygen atoms in total. The van der Waals surface area contributed by atoms with Crippen molar-refractivity contribution in [3.63, 3.8) is 0 Å². The van der Waals surface area contributed by atoms with Crippen LogP contribution in [0.5, 0.6) is 0 Å². The quantitative estimate of drug-likeness (QED) is 0.457. The van der Waals surface area contributed by atoms with Crippen LogP contribution in [0.25, 0.3) is 0 Å². The lowest BCUT2D eigenvalue weighted by Gasteiger charge is -2.08. The average Bonchev–Trinajstić information content (AvgIpc) is 2.83. The van der Waals surface area contributed by atoms with Gasteiger partial charge < -0.3 is 10.5 Å². The number of methoxy groups -OCH3 is 1.